The first kappa shape index (κ1) is 23.2. The van der Waals surface area contributed by atoms with Crippen LogP contribution in [0.3, 0.4) is 0 Å². The first-order valence-electron chi connectivity index (χ1n) is 10.1. The fourth-order valence-corrected chi connectivity index (χ4v) is 3.18. The topological polar surface area (TPSA) is 97.5 Å². The number of esters is 2. The van der Waals surface area contributed by atoms with Crippen LogP contribution in [0.25, 0.3) is 0 Å². The molecule has 0 saturated heterocycles. The van der Waals surface area contributed by atoms with Crippen LogP contribution in [-0.4, -0.2) is 35.5 Å². The monoisotopic (exact) mass is 414 g/mol. The Kier molecular flexibility index (Phi) is 7.80. The zero-order chi connectivity index (χ0) is 22.4. The van der Waals surface area contributed by atoms with E-state index in [0.29, 0.717) is 22.5 Å². The van der Waals surface area contributed by atoms with Crippen LogP contribution < -0.4 is 5.32 Å². The number of rotatable bonds is 8. The van der Waals surface area contributed by atoms with E-state index in [1.54, 1.807) is 27.7 Å². The summed E-state index contributed by atoms with van der Waals surface area (Å²) in [5.41, 5.74) is 3.13. The highest BCUT2D eigenvalue weighted by molar-refractivity contribution is 6.00. The van der Waals surface area contributed by atoms with Crippen molar-refractivity contribution in [3.8, 4) is 0 Å². The maximum absolute atomic E-state index is 12.5. The molecule has 1 atom stereocenters. The predicted molar refractivity (Wildman–Crippen MR) is 115 cm³/mol. The quantitative estimate of drug-likeness (QED) is 0.620. The van der Waals surface area contributed by atoms with Crippen molar-refractivity contribution in [1.29, 1.82) is 0 Å². The molecule has 0 radical (unpaired) electrons. The number of nitrogens with one attached hydrogen (secondary N) is 2. The van der Waals surface area contributed by atoms with E-state index in [-0.39, 0.29) is 17.7 Å². The van der Waals surface area contributed by atoms with Gasteiger partial charge in [-0.3, -0.25) is 4.79 Å². The van der Waals surface area contributed by atoms with Crippen LogP contribution in [0.15, 0.2) is 24.3 Å². The van der Waals surface area contributed by atoms with Gasteiger partial charge >= 0.3 is 11.9 Å². The third-order valence-corrected chi connectivity index (χ3v) is 4.90. The number of para-hydroxylation sites is 1. The normalized spacial score (nSPS) is 11.8. The van der Waals surface area contributed by atoms with Gasteiger partial charge in [-0.2, -0.15) is 0 Å². The lowest BCUT2D eigenvalue weighted by atomic mass is 9.97. The molecular weight excluding hydrogens is 384 g/mol. The van der Waals surface area contributed by atoms with Gasteiger partial charge in [0.25, 0.3) is 5.91 Å². The van der Waals surface area contributed by atoms with Crippen LogP contribution in [0.1, 0.15) is 77.7 Å². The first-order chi connectivity index (χ1) is 14.1. The molecule has 0 aliphatic carbocycles. The molecule has 2 aromatic rings. The highest BCUT2D eigenvalue weighted by atomic mass is 16.5. The van der Waals surface area contributed by atoms with Gasteiger partial charge in [-0.15, -0.1) is 0 Å². The number of H-pyrrole nitrogens is 1. The van der Waals surface area contributed by atoms with E-state index in [1.165, 1.54) is 0 Å². The Bertz CT molecular complexity index is 930. The van der Waals surface area contributed by atoms with Gasteiger partial charge in [-0.25, -0.2) is 9.59 Å². The van der Waals surface area contributed by atoms with Gasteiger partial charge in [0.1, 0.15) is 5.69 Å². The number of anilines is 1. The largest absolute Gasteiger partial charge is 0.459 e. The Morgan fingerprint density at radius 1 is 1.07 bits per heavy atom. The molecule has 2 N–H and O–H groups in total. The van der Waals surface area contributed by atoms with Crippen molar-refractivity contribution in [2.45, 2.75) is 60.0 Å². The summed E-state index contributed by atoms with van der Waals surface area (Å²) in [6, 6.07) is 7.57. The van der Waals surface area contributed by atoms with E-state index in [1.807, 2.05) is 24.3 Å². The molecule has 7 heteroatoms. The summed E-state index contributed by atoms with van der Waals surface area (Å²) in [6.45, 7) is 10.6. The zero-order valence-corrected chi connectivity index (χ0v) is 18.4. The van der Waals surface area contributed by atoms with E-state index in [0.717, 1.165) is 12.0 Å². The van der Waals surface area contributed by atoms with Crippen LogP contribution in [0, 0.1) is 13.8 Å². The lowest BCUT2D eigenvalue weighted by Gasteiger charge is -2.15. The number of aromatic amines is 1. The molecule has 2 rings (SSSR count). The summed E-state index contributed by atoms with van der Waals surface area (Å²) < 4.78 is 10.4. The molecule has 0 spiro atoms. The van der Waals surface area contributed by atoms with E-state index < -0.39 is 24.5 Å². The Balaban J connectivity index is 2.05. The second kappa shape index (κ2) is 10.1. The highest BCUT2D eigenvalue weighted by Gasteiger charge is 2.25. The molecule has 30 heavy (non-hydrogen) atoms. The lowest BCUT2D eigenvalue weighted by molar-refractivity contribution is -0.119. The van der Waals surface area contributed by atoms with Crippen LogP contribution in [0.4, 0.5) is 5.69 Å². The van der Waals surface area contributed by atoms with Gasteiger partial charge in [0, 0.05) is 11.4 Å². The predicted octanol–water partition coefficient (Wildman–Crippen LogP) is 4.51. The fraction of sp³-hybridized carbons (Fsp3) is 0.435. The number of amides is 1. The molecule has 0 unspecified atom stereocenters. The number of aryl methyl sites for hydroxylation is 1. The standard InChI is InChI=1S/C23H30N2O5/c1-7-14(4)17-10-8-9-11-18(17)25-19(26)12-29-23(28)21-15(5)20(16(6)24-21)22(27)30-13(2)3/h8-11,13-14,24H,7,12H2,1-6H3,(H,25,26)/t14-/m0/s1. The van der Waals surface area contributed by atoms with Gasteiger partial charge in [-0.1, -0.05) is 32.0 Å². The molecule has 0 saturated carbocycles. The van der Waals surface area contributed by atoms with Crippen LogP contribution in [0.2, 0.25) is 0 Å². The number of carbonyl (C=O) groups excluding carboxylic acids is 3. The van der Waals surface area contributed by atoms with Crippen molar-refractivity contribution in [2.24, 2.45) is 0 Å². The molecule has 0 fully saturated rings. The molecule has 1 amide bonds. The average molecular weight is 415 g/mol. The number of aromatic nitrogens is 1. The molecule has 0 aliphatic rings. The minimum atomic E-state index is -0.704. The van der Waals surface area contributed by atoms with Crippen molar-refractivity contribution < 1.29 is 23.9 Å². The van der Waals surface area contributed by atoms with Crippen molar-refractivity contribution in [1.82, 2.24) is 4.98 Å². The molecule has 1 aromatic carbocycles. The van der Waals surface area contributed by atoms with Crippen LogP contribution in [0.5, 0.6) is 0 Å². The summed E-state index contributed by atoms with van der Waals surface area (Å²) in [6.07, 6.45) is 0.665. The summed E-state index contributed by atoms with van der Waals surface area (Å²) >= 11 is 0. The Morgan fingerprint density at radius 3 is 2.37 bits per heavy atom. The molecule has 1 heterocycles. The van der Waals surface area contributed by atoms with Gasteiger partial charge in [0.2, 0.25) is 0 Å². The SMILES string of the molecule is CC[C@H](C)c1ccccc1NC(=O)COC(=O)c1[nH]c(C)c(C(=O)OC(C)C)c1C. The smallest absolute Gasteiger partial charge is 0.355 e. The lowest BCUT2D eigenvalue weighted by Crippen LogP contribution is -2.22. The summed E-state index contributed by atoms with van der Waals surface area (Å²) in [5.74, 6) is -1.35. The van der Waals surface area contributed by atoms with E-state index in [2.05, 4.69) is 24.1 Å². The zero-order valence-electron chi connectivity index (χ0n) is 18.4. The summed E-state index contributed by atoms with van der Waals surface area (Å²) in [4.78, 5) is 39.9. The van der Waals surface area contributed by atoms with E-state index in [4.69, 9.17) is 9.47 Å². The minimum absolute atomic E-state index is 0.135. The van der Waals surface area contributed by atoms with E-state index in [9.17, 15) is 14.4 Å². The van der Waals surface area contributed by atoms with Crippen LogP contribution >= 0.6 is 0 Å². The molecule has 162 valence electrons. The Hall–Kier alpha value is -3.09. The van der Waals surface area contributed by atoms with Crippen molar-refractivity contribution in [3.63, 3.8) is 0 Å². The fourth-order valence-electron chi connectivity index (χ4n) is 3.18. The summed E-state index contributed by atoms with van der Waals surface area (Å²) in [5, 5.41) is 2.80. The molecule has 0 bridgehead atoms. The van der Waals surface area contributed by atoms with Crippen LogP contribution in [-0.2, 0) is 14.3 Å². The molecule has 7 nitrogen and oxygen atoms in total. The van der Waals surface area contributed by atoms with Crippen molar-refractivity contribution >= 4 is 23.5 Å². The maximum atomic E-state index is 12.5. The third kappa shape index (κ3) is 5.49. The Labute approximate surface area is 177 Å². The maximum Gasteiger partial charge on any atom is 0.355 e. The minimum Gasteiger partial charge on any atom is -0.459 e. The molecular formula is C23H30N2O5. The number of ether oxygens (including phenoxy) is 2. The van der Waals surface area contributed by atoms with Crippen molar-refractivity contribution in [3.05, 3.63) is 52.3 Å². The molecule has 1 aromatic heterocycles. The first-order valence-corrected chi connectivity index (χ1v) is 10.1. The summed E-state index contributed by atoms with van der Waals surface area (Å²) in [7, 11) is 0. The van der Waals surface area contributed by atoms with Crippen molar-refractivity contribution in [2.75, 3.05) is 11.9 Å². The Morgan fingerprint density at radius 2 is 1.73 bits per heavy atom. The van der Waals surface area contributed by atoms with Gasteiger partial charge in [0.15, 0.2) is 6.61 Å². The number of hydrogen-bond donors (Lipinski definition) is 2. The number of benzene rings is 1. The highest BCUT2D eigenvalue weighted by Crippen LogP contribution is 2.26. The average Bonchev–Trinajstić information content (AvgIpc) is 2.99. The second-order valence-electron chi connectivity index (χ2n) is 7.60. The van der Waals surface area contributed by atoms with Gasteiger partial charge in [0.05, 0.1) is 11.7 Å². The van der Waals surface area contributed by atoms with Gasteiger partial charge in [-0.05, 0) is 57.2 Å². The number of hydrogen-bond acceptors (Lipinski definition) is 5. The number of carbonyl (C=O) groups is 3. The van der Waals surface area contributed by atoms with Gasteiger partial charge < -0.3 is 19.8 Å². The van der Waals surface area contributed by atoms with E-state index >= 15 is 0 Å². The second-order valence-corrected chi connectivity index (χ2v) is 7.60. The third-order valence-electron chi connectivity index (χ3n) is 4.90. The molecule has 0 aliphatic heterocycles.